The number of hydrogen-bond acceptors (Lipinski definition) is 4. The number of aromatic amines is 1. The maximum atomic E-state index is 11.9. The van der Waals surface area contributed by atoms with Crippen LogP contribution in [0.25, 0.3) is 5.69 Å². The number of benzene rings is 1. The molecule has 0 aliphatic heterocycles. The number of halogens is 1. The van der Waals surface area contributed by atoms with Crippen LogP contribution in [0.2, 0.25) is 5.02 Å². The number of aromatic hydroxyl groups is 1. The molecule has 0 aliphatic carbocycles. The second-order valence-corrected chi connectivity index (χ2v) is 4.48. The molecule has 0 fully saturated rings. The molecule has 1 aromatic heterocycles. The minimum absolute atomic E-state index is 0.136. The number of ether oxygens (including phenoxy) is 1. The fourth-order valence-corrected chi connectivity index (χ4v) is 2.17. The molecular weight excluding hydrogens is 284 g/mol. The van der Waals surface area contributed by atoms with Gasteiger partial charge in [0.25, 0.3) is 5.56 Å². The molecule has 20 heavy (non-hydrogen) atoms. The van der Waals surface area contributed by atoms with Crippen molar-refractivity contribution < 1.29 is 9.84 Å². The Morgan fingerprint density at radius 3 is 2.65 bits per heavy atom. The van der Waals surface area contributed by atoms with E-state index in [4.69, 9.17) is 16.3 Å². The molecule has 0 bridgehead atoms. The monoisotopic (exact) mass is 296 g/mol. The highest BCUT2D eigenvalue weighted by Gasteiger charge is 2.15. The second kappa shape index (κ2) is 5.42. The number of nitrogens with zero attached hydrogens (tertiary/aromatic N) is 1. The van der Waals surface area contributed by atoms with Gasteiger partial charge in [0.2, 0.25) is 5.88 Å². The Morgan fingerprint density at radius 1 is 1.40 bits per heavy atom. The van der Waals surface area contributed by atoms with Crippen molar-refractivity contribution in [1.29, 1.82) is 0 Å². The Bertz CT molecular complexity index is 764. The van der Waals surface area contributed by atoms with Crippen molar-refractivity contribution in [1.82, 2.24) is 9.55 Å². The standard InChI is InChI=1S/C13H13ClN2O4/c1-3-8-11(17)15-13(19)16(12(8)18)7-4-5-10(20-2)9(14)6-7/h4-6,18H,3H2,1-2H3,(H,15,17,19). The van der Waals surface area contributed by atoms with E-state index in [0.717, 1.165) is 4.57 Å². The molecule has 0 amide bonds. The van der Waals surface area contributed by atoms with Gasteiger partial charge in [0, 0.05) is 0 Å². The van der Waals surface area contributed by atoms with E-state index in [-0.39, 0.29) is 11.4 Å². The first-order valence-electron chi connectivity index (χ1n) is 5.90. The predicted molar refractivity (Wildman–Crippen MR) is 75.3 cm³/mol. The van der Waals surface area contributed by atoms with Crippen LogP contribution in [0.3, 0.4) is 0 Å². The molecule has 0 aliphatic rings. The van der Waals surface area contributed by atoms with E-state index in [1.54, 1.807) is 19.1 Å². The van der Waals surface area contributed by atoms with Crippen molar-refractivity contribution in [2.45, 2.75) is 13.3 Å². The topological polar surface area (TPSA) is 84.3 Å². The summed E-state index contributed by atoms with van der Waals surface area (Å²) >= 11 is 6.00. The third kappa shape index (κ3) is 2.30. The summed E-state index contributed by atoms with van der Waals surface area (Å²) in [5.74, 6) is 0.0607. The van der Waals surface area contributed by atoms with Gasteiger partial charge in [-0.05, 0) is 24.6 Å². The van der Waals surface area contributed by atoms with E-state index in [1.807, 2.05) is 0 Å². The van der Waals surface area contributed by atoms with Gasteiger partial charge in [-0.25, -0.2) is 9.36 Å². The molecule has 1 aromatic carbocycles. The van der Waals surface area contributed by atoms with Crippen molar-refractivity contribution in [3.63, 3.8) is 0 Å². The van der Waals surface area contributed by atoms with Crippen molar-refractivity contribution >= 4 is 11.6 Å². The van der Waals surface area contributed by atoms with E-state index >= 15 is 0 Å². The molecule has 2 aromatic rings. The molecule has 2 N–H and O–H groups in total. The summed E-state index contributed by atoms with van der Waals surface area (Å²) in [5, 5.41) is 10.4. The Labute approximate surface area is 119 Å². The van der Waals surface area contributed by atoms with Gasteiger partial charge < -0.3 is 9.84 Å². The first-order valence-corrected chi connectivity index (χ1v) is 6.28. The Morgan fingerprint density at radius 2 is 2.10 bits per heavy atom. The first-order chi connectivity index (χ1) is 9.49. The maximum absolute atomic E-state index is 11.9. The van der Waals surface area contributed by atoms with Crippen LogP contribution < -0.4 is 16.0 Å². The fraction of sp³-hybridized carbons (Fsp3) is 0.231. The number of aromatic nitrogens is 2. The fourth-order valence-electron chi connectivity index (χ4n) is 1.91. The van der Waals surface area contributed by atoms with Crippen LogP contribution in [0.1, 0.15) is 12.5 Å². The van der Waals surface area contributed by atoms with Gasteiger partial charge in [0.1, 0.15) is 5.75 Å². The molecule has 0 atom stereocenters. The summed E-state index contributed by atoms with van der Waals surface area (Å²) in [6.07, 6.45) is 0.297. The molecule has 0 spiro atoms. The van der Waals surface area contributed by atoms with Gasteiger partial charge in [-0.1, -0.05) is 18.5 Å². The Hall–Kier alpha value is -2.21. The van der Waals surface area contributed by atoms with Gasteiger partial charge in [0.05, 0.1) is 23.4 Å². The highest BCUT2D eigenvalue weighted by Crippen LogP contribution is 2.27. The molecule has 106 valence electrons. The summed E-state index contributed by atoms with van der Waals surface area (Å²) in [6.45, 7) is 1.71. The normalized spacial score (nSPS) is 10.6. The molecule has 7 heteroatoms. The average Bonchev–Trinajstić information content (AvgIpc) is 2.39. The van der Waals surface area contributed by atoms with E-state index in [0.29, 0.717) is 22.9 Å². The third-order valence-corrected chi connectivity index (χ3v) is 3.22. The van der Waals surface area contributed by atoms with Crippen molar-refractivity contribution in [3.8, 4) is 17.3 Å². The number of rotatable bonds is 3. The van der Waals surface area contributed by atoms with Crippen LogP contribution in [0.4, 0.5) is 0 Å². The summed E-state index contributed by atoms with van der Waals surface area (Å²) in [5.41, 5.74) is -0.849. The molecule has 2 rings (SSSR count). The van der Waals surface area contributed by atoms with Crippen LogP contribution >= 0.6 is 11.6 Å². The van der Waals surface area contributed by atoms with E-state index < -0.39 is 11.2 Å². The van der Waals surface area contributed by atoms with E-state index in [1.165, 1.54) is 13.2 Å². The highest BCUT2D eigenvalue weighted by molar-refractivity contribution is 6.32. The number of H-pyrrole nitrogens is 1. The lowest BCUT2D eigenvalue weighted by Crippen LogP contribution is -2.31. The second-order valence-electron chi connectivity index (χ2n) is 4.07. The van der Waals surface area contributed by atoms with Gasteiger partial charge >= 0.3 is 5.69 Å². The smallest absolute Gasteiger partial charge is 0.335 e. The van der Waals surface area contributed by atoms with Gasteiger partial charge in [0.15, 0.2) is 0 Å². The maximum Gasteiger partial charge on any atom is 0.335 e. The lowest BCUT2D eigenvalue weighted by Gasteiger charge is -2.12. The third-order valence-electron chi connectivity index (χ3n) is 2.93. The van der Waals surface area contributed by atoms with Gasteiger partial charge in [-0.2, -0.15) is 0 Å². The minimum atomic E-state index is -0.731. The summed E-state index contributed by atoms with van der Waals surface area (Å²) < 4.78 is 6.01. The molecule has 1 heterocycles. The zero-order valence-electron chi connectivity index (χ0n) is 10.9. The van der Waals surface area contributed by atoms with Crippen LogP contribution in [0.15, 0.2) is 27.8 Å². The lowest BCUT2D eigenvalue weighted by atomic mass is 10.2. The van der Waals surface area contributed by atoms with Crippen LogP contribution in [0, 0.1) is 0 Å². The summed E-state index contributed by atoms with van der Waals surface area (Å²) in [4.78, 5) is 25.6. The first kappa shape index (κ1) is 14.2. The molecule has 0 unspecified atom stereocenters. The Kier molecular flexibility index (Phi) is 3.85. The quantitative estimate of drug-likeness (QED) is 0.898. The van der Waals surface area contributed by atoms with Crippen molar-refractivity contribution in [2.24, 2.45) is 0 Å². The summed E-state index contributed by atoms with van der Waals surface area (Å²) in [7, 11) is 1.47. The van der Waals surface area contributed by atoms with Crippen LogP contribution in [-0.4, -0.2) is 21.8 Å². The lowest BCUT2D eigenvalue weighted by molar-refractivity contribution is 0.413. The van der Waals surface area contributed by atoms with E-state index in [2.05, 4.69) is 4.98 Å². The summed E-state index contributed by atoms with van der Waals surface area (Å²) in [6, 6.07) is 4.60. The molecule has 0 saturated carbocycles. The van der Waals surface area contributed by atoms with E-state index in [9.17, 15) is 14.7 Å². The molecule has 6 nitrogen and oxygen atoms in total. The van der Waals surface area contributed by atoms with Crippen LogP contribution in [0.5, 0.6) is 11.6 Å². The number of nitrogens with one attached hydrogen (secondary N) is 1. The van der Waals surface area contributed by atoms with Crippen LogP contribution in [-0.2, 0) is 6.42 Å². The predicted octanol–water partition coefficient (Wildman–Crippen LogP) is 1.46. The SMILES string of the molecule is CCc1c(O)n(-c2ccc(OC)c(Cl)c2)c(=O)[nH]c1=O. The van der Waals surface area contributed by atoms with Gasteiger partial charge in [-0.15, -0.1) is 0 Å². The van der Waals surface area contributed by atoms with Crippen molar-refractivity contribution in [2.75, 3.05) is 7.11 Å². The number of hydrogen-bond donors (Lipinski definition) is 2. The molecule has 0 saturated heterocycles. The average molecular weight is 297 g/mol. The highest BCUT2D eigenvalue weighted by atomic mass is 35.5. The largest absolute Gasteiger partial charge is 0.495 e. The number of methoxy groups -OCH3 is 1. The molecule has 0 radical (unpaired) electrons. The van der Waals surface area contributed by atoms with Crippen molar-refractivity contribution in [3.05, 3.63) is 49.6 Å². The Balaban J connectivity index is 2.73. The zero-order chi connectivity index (χ0) is 14.9. The minimum Gasteiger partial charge on any atom is -0.495 e. The molecular formula is C13H13ClN2O4. The zero-order valence-corrected chi connectivity index (χ0v) is 11.7. The van der Waals surface area contributed by atoms with Gasteiger partial charge in [-0.3, -0.25) is 9.78 Å².